The van der Waals surface area contributed by atoms with Crippen LogP contribution >= 0.6 is 24.0 Å². The summed E-state index contributed by atoms with van der Waals surface area (Å²) in [5.74, 6) is 1.86. The van der Waals surface area contributed by atoms with E-state index < -0.39 is 0 Å². The smallest absolute Gasteiger partial charge is 0.191 e. The lowest BCUT2D eigenvalue weighted by Gasteiger charge is -2.32. The molecule has 7 heteroatoms. The van der Waals surface area contributed by atoms with Gasteiger partial charge in [0.1, 0.15) is 5.82 Å². The monoisotopic (exact) mass is 503 g/mol. The van der Waals surface area contributed by atoms with Gasteiger partial charge in [0.2, 0.25) is 0 Å². The van der Waals surface area contributed by atoms with Crippen molar-refractivity contribution in [1.82, 2.24) is 15.6 Å². The van der Waals surface area contributed by atoms with Gasteiger partial charge < -0.3 is 20.3 Å². The van der Waals surface area contributed by atoms with Crippen molar-refractivity contribution in [2.75, 3.05) is 31.6 Å². The van der Waals surface area contributed by atoms with Crippen LogP contribution in [0.15, 0.2) is 23.3 Å². The molecule has 28 heavy (non-hydrogen) atoms. The Labute approximate surface area is 187 Å². The Kier molecular flexibility index (Phi) is 10.5. The SMILES string of the molecule is CN=C(NCc1ccnc(N2CCOC(C)C2)c1)NC(C)CCC(C)(C)C.I. The molecule has 0 spiro atoms. The summed E-state index contributed by atoms with van der Waals surface area (Å²) in [7, 11) is 1.82. The maximum atomic E-state index is 5.63. The molecule has 0 bridgehead atoms. The number of nitrogens with zero attached hydrogens (tertiary/aromatic N) is 3. The summed E-state index contributed by atoms with van der Waals surface area (Å²) >= 11 is 0. The number of hydrogen-bond donors (Lipinski definition) is 2. The van der Waals surface area contributed by atoms with E-state index in [0.717, 1.165) is 44.4 Å². The van der Waals surface area contributed by atoms with E-state index in [1.807, 2.05) is 13.2 Å². The zero-order valence-corrected chi connectivity index (χ0v) is 20.6. The zero-order valence-electron chi connectivity index (χ0n) is 18.3. The van der Waals surface area contributed by atoms with Gasteiger partial charge in [0.25, 0.3) is 0 Å². The van der Waals surface area contributed by atoms with Crippen molar-refractivity contribution in [2.45, 2.75) is 66.2 Å². The Balaban J connectivity index is 0.00000392. The largest absolute Gasteiger partial charge is 0.375 e. The van der Waals surface area contributed by atoms with Crippen LogP contribution in [0.25, 0.3) is 0 Å². The molecule has 1 aromatic heterocycles. The summed E-state index contributed by atoms with van der Waals surface area (Å²) in [5, 5.41) is 6.91. The Morgan fingerprint density at radius 3 is 2.82 bits per heavy atom. The Morgan fingerprint density at radius 2 is 2.18 bits per heavy atom. The quantitative estimate of drug-likeness (QED) is 0.351. The van der Waals surface area contributed by atoms with Crippen molar-refractivity contribution in [3.63, 3.8) is 0 Å². The second kappa shape index (κ2) is 11.8. The minimum atomic E-state index is 0. The summed E-state index contributed by atoms with van der Waals surface area (Å²) in [5.41, 5.74) is 1.56. The molecule has 0 radical (unpaired) electrons. The van der Waals surface area contributed by atoms with Crippen molar-refractivity contribution in [2.24, 2.45) is 10.4 Å². The molecule has 2 unspecified atom stereocenters. The van der Waals surface area contributed by atoms with Gasteiger partial charge in [0.15, 0.2) is 5.96 Å². The number of ether oxygens (including phenoxy) is 1. The molecule has 0 saturated carbocycles. The fourth-order valence-corrected chi connectivity index (χ4v) is 3.11. The Bertz CT molecular complexity index is 617. The van der Waals surface area contributed by atoms with Crippen LogP contribution in [0, 0.1) is 5.41 Å². The molecule has 0 aromatic carbocycles. The summed E-state index contributed by atoms with van der Waals surface area (Å²) in [6, 6.07) is 4.59. The highest BCUT2D eigenvalue weighted by Gasteiger charge is 2.18. The molecule has 1 fully saturated rings. The lowest BCUT2D eigenvalue weighted by atomic mass is 9.89. The van der Waals surface area contributed by atoms with E-state index in [4.69, 9.17) is 4.74 Å². The molecule has 0 aliphatic carbocycles. The number of hydrogen-bond acceptors (Lipinski definition) is 4. The fraction of sp³-hybridized carbons (Fsp3) is 0.714. The molecule has 0 amide bonds. The minimum Gasteiger partial charge on any atom is -0.375 e. The van der Waals surface area contributed by atoms with Crippen molar-refractivity contribution in [1.29, 1.82) is 0 Å². The number of aliphatic imine (C=N–C) groups is 1. The molecular formula is C21H38IN5O. The summed E-state index contributed by atoms with van der Waals surface area (Å²) in [4.78, 5) is 11.2. The average Bonchev–Trinajstić information content (AvgIpc) is 2.63. The van der Waals surface area contributed by atoms with E-state index in [9.17, 15) is 0 Å². The molecule has 1 aromatic rings. The highest BCUT2D eigenvalue weighted by atomic mass is 127. The third kappa shape index (κ3) is 8.94. The van der Waals surface area contributed by atoms with Gasteiger partial charge >= 0.3 is 0 Å². The first kappa shape index (κ1) is 24.9. The topological polar surface area (TPSA) is 61.8 Å². The first-order chi connectivity index (χ1) is 12.8. The summed E-state index contributed by atoms with van der Waals surface area (Å²) < 4.78 is 5.63. The van der Waals surface area contributed by atoms with Crippen molar-refractivity contribution in [3.05, 3.63) is 23.9 Å². The first-order valence-corrected chi connectivity index (χ1v) is 10.1. The van der Waals surface area contributed by atoms with Crippen LogP contribution in [0.2, 0.25) is 0 Å². The van der Waals surface area contributed by atoms with Gasteiger partial charge in [-0.1, -0.05) is 20.8 Å². The van der Waals surface area contributed by atoms with Crippen molar-refractivity contribution >= 4 is 35.8 Å². The van der Waals surface area contributed by atoms with Gasteiger partial charge in [-0.25, -0.2) is 4.98 Å². The van der Waals surface area contributed by atoms with E-state index in [1.165, 1.54) is 12.0 Å². The van der Waals surface area contributed by atoms with E-state index >= 15 is 0 Å². The van der Waals surface area contributed by atoms with E-state index in [0.29, 0.717) is 11.5 Å². The van der Waals surface area contributed by atoms with E-state index in [2.05, 4.69) is 72.3 Å². The molecule has 2 rings (SSSR count). The predicted molar refractivity (Wildman–Crippen MR) is 129 cm³/mol. The van der Waals surface area contributed by atoms with Crippen LogP contribution in [-0.4, -0.2) is 49.8 Å². The molecule has 1 aliphatic rings. The number of halogens is 1. The van der Waals surface area contributed by atoms with Gasteiger partial charge in [-0.15, -0.1) is 24.0 Å². The van der Waals surface area contributed by atoms with E-state index in [1.54, 1.807) is 0 Å². The lowest BCUT2D eigenvalue weighted by Crippen LogP contribution is -2.42. The van der Waals surface area contributed by atoms with Crippen LogP contribution in [0.1, 0.15) is 53.0 Å². The fourth-order valence-electron chi connectivity index (χ4n) is 3.11. The molecule has 6 nitrogen and oxygen atoms in total. The van der Waals surface area contributed by atoms with Crippen LogP contribution < -0.4 is 15.5 Å². The summed E-state index contributed by atoms with van der Waals surface area (Å²) in [6.45, 7) is 14.4. The second-order valence-corrected chi connectivity index (χ2v) is 8.72. The molecule has 2 heterocycles. The summed E-state index contributed by atoms with van der Waals surface area (Å²) in [6.07, 6.45) is 4.44. The Morgan fingerprint density at radius 1 is 1.43 bits per heavy atom. The van der Waals surface area contributed by atoms with Gasteiger partial charge in [-0.3, -0.25) is 4.99 Å². The van der Waals surface area contributed by atoms with Gasteiger partial charge in [-0.2, -0.15) is 0 Å². The van der Waals surface area contributed by atoms with Gasteiger partial charge in [-0.05, 0) is 49.8 Å². The minimum absolute atomic E-state index is 0. The molecule has 1 saturated heterocycles. The Hall–Kier alpha value is -1.09. The average molecular weight is 503 g/mol. The maximum Gasteiger partial charge on any atom is 0.191 e. The van der Waals surface area contributed by atoms with Gasteiger partial charge in [0.05, 0.1) is 12.7 Å². The maximum absolute atomic E-state index is 5.63. The second-order valence-electron chi connectivity index (χ2n) is 8.72. The molecule has 2 N–H and O–H groups in total. The number of anilines is 1. The van der Waals surface area contributed by atoms with Crippen LogP contribution in [0.3, 0.4) is 0 Å². The number of nitrogens with one attached hydrogen (secondary N) is 2. The normalized spacial score (nSPS) is 19.0. The van der Waals surface area contributed by atoms with E-state index in [-0.39, 0.29) is 30.1 Å². The molecular weight excluding hydrogens is 465 g/mol. The van der Waals surface area contributed by atoms with Crippen LogP contribution in [-0.2, 0) is 11.3 Å². The lowest BCUT2D eigenvalue weighted by molar-refractivity contribution is 0.0529. The predicted octanol–water partition coefficient (Wildman–Crippen LogP) is 3.80. The number of rotatable bonds is 6. The number of pyridine rings is 1. The first-order valence-electron chi connectivity index (χ1n) is 10.1. The molecule has 1 aliphatic heterocycles. The number of guanidine groups is 1. The van der Waals surface area contributed by atoms with Gasteiger partial charge in [0, 0.05) is 38.9 Å². The standard InChI is InChI=1S/C21H37N5O.HI/c1-16(7-9-21(3,4)5)25-20(22-6)24-14-18-8-10-23-19(13-18)26-11-12-27-17(2)15-26;/h8,10,13,16-17H,7,9,11-12,14-15H2,1-6H3,(H2,22,24,25);1H. The third-order valence-corrected chi connectivity index (χ3v) is 4.77. The van der Waals surface area contributed by atoms with Crippen molar-refractivity contribution in [3.8, 4) is 0 Å². The van der Waals surface area contributed by atoms with Crippen molar-refractivity contribution < 1.29 is 4.74 Å². The van der Waals surface area contributed by atoms with Crippen LogP contribution in [0.4, 0.5) is 5.82 Å². The third-order valence-electron chi connectivity index (χ3n) is 4.77. The number of aromatic nitrogens is 1. The highest BCUT2D eigenvalue weighted by Crippen LogP contribution is 2.21. The van der Waals surface area contributed by atoms with Crippen LogP contribution in [0.5, 0.6) is 0 Å². The number of morpholine rings is 1. The highest BCUT2D eigenvalue weighted by molar-refractivity contribution is 14.0. The molecule has 2 atom stereocenters. The zero-order chi connectivity index (χ0) is 19.9. The molecule has 160 valence electrons.